The number of carbonyl (C=O) groups excluding carboxylic acids is 3. The molecular weight excluding hydrogens is 556 g/mol. The molecule has 13 heteroatoms. The fraction of sp³-hybridized carbons (Fsp3) is 0.214. The van der Waals surface area contributed by atoms with Crippen molar-refractivity contribution >= 4 is 41.2 Å². The third-order valence-electron chi connectivity index (χ3n) is 7.07. The lowest BCUT2D eigenvalue weighted by molar-refractivity contribution is -0.384. The second kappa shape index (κ2) is 11.3. The van der Waals surface area contributed by atoms with Crippen LogP contribution >= 0.6 is 11.6 Å². The van der Waals surface area contributed by atoms with Crippen LogP contribution in [0.4, 0.5) is 10.5 Å². The molecule has 1 fully saturated rings. The average molecular weight is 579 g/mol. The third kappa shape index (κ3) is 5.41. The predicted molar refractivity (Wildman–Crippen MR) is 145 cm³/mol. The number of benzene rings is 3. The van der Waals surface area contributed by atoms with Gasteiger partial charge in [0.05, 0.1) is 11.3 Å². The minimum absolute atomic E-state index is 0.00262. The number of ether oxygens (including phenoxy) is 1. The van der Waals surface area contributed by atoms with E-state index in [9.17, 15) is 34.4 Å². The van der Waals surface area contributed by atoms with Crippen LogP contribution in [-0.4, -0.2) is 58.0 Å². The number of carboxylic acid groups (broad SMARTS) is 1. The number of carboxylic acids is 1. The smallest absolute Gasteiger partial charge is 0.407 e. The molecule has 0 saturated carbocycles. The van der Waals surface area contributed by atoms with E-state index in [0.717, 1.165) is 33.2 Å². The molecule has 210 valence electrons. The summed E-state index contributed by atoms with van der Waals surface area (Å²) in [5.74, 6) is -3.19. The zero-order valence-electron chi connectivity index (χ0n) is 21.3. The van der Waals surface area contributed by atoms with E-state index in [1.54, 1.807) is 0 Å². The molecule has 3 amide bonds. The summed E-state index contributed by atoms with van der Waals surface area (Å²) in [4.78, 5) is 61.7. The van der Waals surface area contributed by atoms with Gasteiger partial charge in [-0.05, 0) is 28.3 Å². The van der Waals surface area contributed by atoms with Crippen molar-refractivity contribution < 1.29 is 33.9 Å². The number of alkyl carbamates (subject to hydrolysis) is 1. The number of hydrogen-bond acceptors (Lipinski definition) is 7. The maximum atomic E-state index is 13.3. The molecule has 1 saturated heterocycles. The summed E-state index contributed by atoms with van der Waals surface area (Å²) < 4.78 is 5.44. The number of nitro benzene ring substituents is 1. The van der Waals surface area contributed by atoms with Gasteiger partial charge < -0.3 is 25.4 Å². The summed E-state index contributed by atoms with van der Waals surface area (Å²) in [5, 5.41) is 25.8. The van der Waals surface area contributed by atoms with E-state index in [2.05, 4.69) is 10.6 Å². The van der Waals surface area contributed by atoms with Crippen molar-refractivity contribution in [1.82, 2.24) is 15.5 Å². The Balaban J connectivity index is 1.30. The third-order valence-corrected chi connectivity index (χ3v) is 7.39. The molecule has 5 rings (SSSR count). The molecular formula is C28H23ClN4O8. The van der Waals surface area contributed by atoms with Crippen molar-refractivity contribution in [2.75, 3.05) is 13.2 Å². The standard InChI is InChI=1S/C28H23ClN4O8/c29-21-10-9-15(11-22(21)33(39)40)26-31-24(34)12-23(27(36)37)32(26)25(35)13-30-28(38)41-14-20-18-7-3-1-5-16(18)17-6-2-4-8-19(17)20/h1-11,20,23,26H,12-14H2,(H,30,38)(H,31,34)(H,36,37)/t23-,26-/m0/s1. The predicted octanol–water partition coefficient (Wildman–Crippen LogP) is 3.59. The van der Waals surface area contributed by atoms with Crippen LogP contribution in [-0.2, 0) is 19.1 Å². The minimum Gasteiger partial charge on any atom is -0.480 e. The van der Waals surface area contributed by atoms with Gasteiger partial charge in [0.2, 0.25) is 11.8 Å². The summed E-state index contributed by atoms with van der Waals surface area (Å²) in [6, 6.07) is 17.6. The van der Waals surface area contributed by atoms with Crippen molar-refractivity contribution in [3.63, 3.8) is 0 Å². The number of fused-ring (bicyclic) bond motifs is 3. The molecule has 0 radical (unpaired) electrons. The molecule has 1 aliphatic carbocycles. The van der Waals surface area contributed by atoms with Gasteiger partial charge in [0.25, 0.3) is 5.69 Å². The van der Waals surface area contributed by atoms with Gasteiger partial charge in [0.1, 0.15) is 30.4 Å². The molecule has 0 bridgehead atoms. The molecule has 3 aromatic carbocycles. The Hall–Kier alpha value is -4.97. The summed E-state index contributed by atoms with van der Waals surface area (Å²) in [7, 11) is 0. The SMILES string of the molecule is O=C1C[C@@H](C(=O)O)N(C(=O)CNC(=O)OCC2c3ccccc3-c3ccccc32)[C@@H](c2ccc(Cl)c([N+](=O)[O-])c2)N1. The zero-order chi connectivity index (χ0) is 29.3. The van der Waals surface area contributed by atoms with Gasteiger partial charge in [-0.1, -0.05) is 66.2 Å². The van der Waals surface area contributed by atoms with Crippen molar-refractivity contribution in [3.8, 4) is 11.1 Å². The number of nitrogens with one attached hydrogen (secondary N) is 2. The fourth-order valence-electron chi connectivity index (χ4n) is 5.23. The van der Waals surface area contributed by atoms with Crippen LogP contribution in [0.1, 0.15) is 35.2 Å². The normalized spacial score (nSPS) is 17.7. The quantitative estimate of drug-likeness (QED) is 0.282. The monoisotopic (exact) mass is 578 g/mol. The molecule has 0 spiro atoms. The van der Waals surface area contributed by atoms with Gasteiger partial charge in [-0.25, -0.2) is 9.59 Å². The van der Waals surface area contributed by atoms with Crippen LogP contribution in [0.2, 0.25) is 5.02 Å². The number of aliphatic carboxylic acids is 1. The van der Waals surface area contributed by atoms with Crippen molar-refractivity contribution in [3.05, 3.63) is 98.6 Å². The Kier molecular flexibility index (Phi) is 7.58. The lowest BCUT2D eigenvalue weighted by Crippen LogP contribution is -2.59. The highest BCUT2D eigenvalue weighted by molar-refractivity contribution is 6.32. The van der Waals surface area contributed by atoms with Gasteiger partial charge in [0.15, 0.2) is 0 Å². The van der Waals surface area contributed by atoms with E-state index in [0.29, 0.717) is 0 Å². The zero-order valence-corrected chi connectivity index (χ0v) is 22.0. The summed E-state index contributed by atoms with van der Waals surface area (Å²) in [6.07, 6.45) is -2.80. The van der Waals surface area contributed by atoms with Crippen molar-refractivity contribution in [2.24, 2.45) is 0 Å². The maximum Gasteiger partial charge on any atom is 0.407 e. The molecule has 41 heavy (non-hydrogen) atoms. The Bertz CT molecular complexity index is 1530. The maximum absolute atomic E-state index is 13.3. The molecule has 12 nitrogen and oxygen atoms in total. The van der Waals surface area contributed by atoms with Crippen molar-refractivity contribution in [1.29, 1.82) is 0 Å². The highest BCUT2D eigenvalue weighted by atomic mass is 35.5. The average Bonchev–Trinajstić information content (AvgIpc) is 3.28. The number of nitrogens with zero attached hydrogens (tertiary/aromatic N) is 2. The van der Waals surface area contributed by atoms with Gasteiger partial charge in [-0.3, -0.25) is 19.7 Å². The Morgan fingerprint density at radius 3 is 2.32 bits per heavy atom. The Labute approximate surface area is 238 Å². The van der Waals surface area contributed by atoms with Crippen LogP contribution in [0.3, 0.4) is 0 Å². The summed E-state index contributed by atoms with van der Waals surface area (Å²) in [5.41, 5.74) is 3.69. The summed E-state index contributed by atoms with van der Waals surface area (Å²) in [6.45, 7) is -0.648. The van der Waals surface area contributed by atoms with E-state index < -0.39 is 59.7 Å². The first-order valence-electron chi connectivity index (χ1n) is 12.5. The Morgan fingerprint density at radius 2 is 1.71 bits per heavy atom. The lowest BCUT2D eigenvalue weighted by atomic mass is 9.98. The first kappa shape index (κ1) is 27.6. The van der Waals surface area contributed by atoms with Crippen LogP contribution in [0.5, 0.6) is 0 Å². The fourth-order valence-corrected chi connectivity index (χ4v) is 5.42. The van der Waals surface area contributed by atoms with Crippen LogP contribution in [0.25, 0.3) is 11.1 Å². The second-order valence-electron chi connectivity index (χ2n) is 9.48. The molecule has 3 N–H and O–H groups in total. The molecule has 3 aromatic rings. The van der Waals surface area contributed by atoms with E-state index >= 15 is 0 Å². The number of amides is 3. The van der Waals surface area contributed by atoms with Gasteiger partial charge in [0, 0.05) is 17.5 Å². The molecule has 0 unspecified atom stereocenters. The van der Waals surface area contributed by atoms with Crippen LogP contribution in [0, 0.1) is 10.1 Å². The topological polar surface area (TPSA) is 168 Å². The number of hydrogen-bond donors (Lipinski definition) is 3. The van der Waals surface area contributed by atoms with Gasteiger partial charge in [-0.15, -0.1) is 0 Å². The van der Waals surface area contributed by atoms with Gasteiger partial charge in [-0.2, -0.15) is 0 Å². The second-order valence-corrected chi connectivity index (χ2v) is 9.88. The number of nitro groups is 1. The van der Waals surface area contributed by atoms with E-state index in [1.807, 2.05) is 48.5 Å². The van der Waals surface area contributed by atoms with Gasteiger partial charge >= 0.3 is 12.1 Å². The van der Waals surface area contributed by atoms with E-state index in [4.69, 9.17) is 16.3 Å². The minimum atomic E-state index is -1.58. The van der Waals surface area contributed by atoms with Crippen LogP contribution in [0.15, 0.2) is 66.7 Å². The van der Waals surface area contributed by atoms with E-state index in [1.165, 1.54) is 12.1 Å². The molecule has 2 aliphatic rings. The summed E-state index contributed by atoms with van der Waals surface area (Å²) >= 11 is 5.89. The van der Waals surface area contributed by atoms with Crippen LogP contribution < -0.4 is 10.6 Å². The highest BCUT2D eigenvalue weighted by Crippen LogP contribution is 2.44. The lowest BCUT2D eigenvalue weighted by Gasteiger charge is -2.40. The number of rotatable bonds is 7. The van der Waals surface area contributed by atoms with E-state index in [-0.39, 0.29) is 23.1 Å². The first-order valence-corrected chi connectivity index (χ1v) is 12.9. The first-order chi connectivity index (χ1) is 19.7. The van der Waals surface area contributed by atoms with Crippen molar-refractivity contribution in [2.45, 2.75) is 24.5 Å². The highest BCUT2D eigenvalue weighted by Gasteiger charge is 2.42. The largest absolute Gasteiger partial charge is 0.480 e. The number of carbonyl (C=O) groups is 4. The molecule has 1 aliphatic heterocycles. The number of halogens is 1. The molecule has 1 heterocycles. The Morgan fingerprint density at radius 1 is 1.07 bits per heavy atom. The molecule has 0 aromatic heterocycles. The molecule has 2 atom stereocenters.